The van der Waals surface area contributed by atoms with Gasteiger partial charge >= 0.3 is 0 Å². The first-order valence-corrected chi connectivity index (χ1v) is 7.38. The summed E-state index contributed by atoms with van der Waals surface area (Å²) in [6, 6.07) is 0.632. The first-order valence-electron chi connectivity index (χ1n) is 6.97. The zero-order valence-electron chi connectivity index (χ0n) is 10.9. The minimum atomic E-state index is 0.632. The molecule has 1 saturated carbocycles. The molecule has 98 valence electrons. The third-order valence-corrected chi connectivity index (χ3v) is 4.34. The predicted molar refractivity (Wildman–Crippen MR) is 76.2 cm³/mol. The molecular formula is C13H25N3S. The van der Waals surface area contributed by atoms with Gasteiger partial charge in [-0.2, -0.15) is 0 Å². The number of nitrogens with one attached hydrogen (secondary N) is 2. The molecule has 1 aliphatic carbocycles. The molecule has 0 bridgehead atoms. The Labute approximate surface area is 110 Å². The zero-order chi connectivity index (χ0) is 12.1. The van der Waals surface area contributed by atoms with E-state index < -0.39 is 0 Å². The van der Waals surface area contributed by atoms with Crippen molar-refractivity contribution >= 4 is 17.3 Å². The summed E-state index contributed by atoms with van der Waals surface area (Å²) in [5.74, 6) is 0.800. The lowest BCUT2D eigenvalue weighted by molar-refractivity contribution is 0.220. The highest BCUT2D eigenvalue weighted by atomic mass is 32.1. The molecule has 1 heterocycles. The maximum Gasteiger partial charge on any atom is 0.166 e. The summed E-state index contributed by atoms with van der Waals surface area (Å²) in [5, 5.41) is 7.70. The van der Waals surface area contributed by atoms with Crippen molar-refractivity contribution in [3.63, 3.8) is 0 Å². The monoisotopic (exact) mass is 255 g/mol. The second-order valence-electron chi connectivity index (χ2n) is 5.58. The van der Waals surface area contributed by atoms with E-state index in [0.29, 0.717) is 6.04 Å². The van der Waals surface area contributed by atoms with E-state index >= 15 is 0 Å². The van der Waals surface area contributed by atoms with E-state index in [1.54, 1.807) is 0 Å². The number of rotatable bonds is 3. The fourth-order valence-electron chi connectivity index (χ4n) is 2.81. The quantitative estimate of drug-likeness (QED) is 0.751. The Balaban J connectivity index is 1.59. The normalized spacial score (nSPS) is 23.8. The molecule has 0 spiro atoms. The van der Waals surface area contributed by atoms with Crippen LogP contribution in [-0.4, -0.2) is 42.7 Å². The molecule has 0 atom stereocenters. The Kier molecular flexibility index (Phi) is 5.04. The van der Waals surface area contributed by atoms with Crippen LogP contribution < -0.4 is 10.6 Å². The molecule has 4 heteroatoms. The summed E-state index contributed by atoms with van der Waals surface area (Å²) in [6.45, 7) is 3.51. The van der Waals surface area contributed by atoms with Gasteiger partial charge in [-0.05, 0) is 64.0 Å². The van der Waals surface area contributed by atoms with Crippen LogP contribution in [0.1, 0.15) is 38.5 Å². The number of hydrogen-bond acceptors (Lipinski definition) is 2. The van der Waals surface area contributed by atoms with Gasteiger partial charge in [-0.3, -0.25) is 0 Å². The van der Waals surface area contributed by atoms with E-state index in [9.17, 15) is 0 Å². The number of nitrogens with zero attached hydrogens (tertiary/aromatic N) is 1. The lowest BCUT2D eigenvalue weighted by Crippen LogP contribution is -2.44. The van der Waals surface area contributed by atoms with Gasteiger partial charge < -0.3 is 15.5 Å². The largest absolute Gasteiger partial charge is 0.362 e. The average molecular weight is 255 g/mol. The first kappa shape index (κ1) is 13.1. The molecule has 0 aromatic rings. The molecule has 17 heavy (non-hydrogen) atoms. The maximum atomic E-state index is 5.35. The minimum Gasteiger partial charge on any atom is -0.362 e. The van der Waals surface area contributed by atoms with Crippen molar-refractivity contribution in [1.82, 2.24) is 15.5 Å². The van der Waals surface area contributed by atoms with Gasteiger partial charge in [0.25, 0.3) is 0 Å². The summed E-state index contributed by atoms with van der Waals surface area (Å²) in [4.78, 5) is 2.41. The van der Waals surface area contributed by atoms with Crippen molar-refractivity contribution in [1.29, 1.82) is 0 Å². The minimum absolute atomic E-state index is 0.632. The zero-order valence-corrected chi connectivity index (χ0v) is 11.7. The Morgan fingerprint density at radius 2 is 1.82 bits per heavy atom. The molecule has 0 unspecified atom stereocenters. The Hall–Kier alpha value is -0.350. The molecule has 2 fully saturated rings. The van der Waals surface area contributed by atoms with Gasteiger partial charge in [-0.1, -0.05) is 12.8 Å². The van der Waals surface area contributed by atoms with Gasteiger partial charge in [0.05, 0.1) is 0 Å². The van der Waals surface area contributed by atoms with E-state index in [1.165, 1.54) is 51.6 Å². The van der Waals surface area contributed by atoms with Gasteiger partial charge in [-0.25, -0.2) is 0 Å². The predicted octanol–water partition coefficient (Wildman–Crippen LogP) is 1.73. The van der Waals surface area contributed by atoms with Crippen LogP contribution in [0.4, 0.5) is 0 Å². The Bertz CT molecular complexity index is 243. The third-order valence-electron chi connectivity index (χ3n) is 4.08. The van der Waals surface area contributed by atoms with Crippen molar-refractivity contribution < 1.29 is 0 Å². The topological polar surface area (TPSA) is 27.3 Å². The number of hydrogen-bond donors (Lipinski definition) is 2. The smallest absolute Gasteiger partial charge is 0.166 e. The number of piperidine rings is 1. The van der Waals surface area contributed by atoms with Crippen LogP contribution in [0.2, 0.25) is 0 Å². The van der Waals surface area contributed by atoms with Crippen LogP contribution >= 0.6 is 12.2 Å². The van der Waals surface area contributed by atoms with Crippen LogP contribution in [0.3, 0.4) is 0 Å². The van der Waals surface area contributed by atoms with Crippen molar-refractivity contribution in [3.05, 3.63) is 0 Å². The SMILES string of the molecule is CN1CCC(CNC(=S)NC2CCCC2)CC1. The summed E-state index contributed by atoms with van der Waals surface area (Å²) >= 11 is 5.35. The fourth-order valence-corrected chi connectivity index (χ4v) is 3.06. The van der Waals surface area contributed by atoms with Gasteiger partial charge in [0.1, 0.15) is 0 Å². The number of likely N-dealkylation sites (tertiary alicyclic amines) is 1. The second-order valence-corrected chi connectivity index (χ2v) is 5.99. The van der Waals surface area contributed by atoms with Crippen LogP contribution in [0, 0.1) is 5.92 Å². The fraction of sp³-hybridized carbons (Fsp3) is 0.923. The molecule has 0 radical (unpaired) electrons. The molecule has 0 amide bonds. The van der Waals surface area contributed by atoms with Crippen LogP contribution in [0.15, 0.2) is 0 Å². The summed E-state index contributed by atoms with van der Waals surface area (Å²) in [6.07, 6.45) is 7.89. The lowest BCUT2D eigenvalue weighted by Gasteiger charge is -2.29. The van der Waals surface area contributed by atoms with Gasteiger partial charge in [-0.15, -0.1) is 0 Å². The van der Waals surface area contributed by atoms with E-state index in [0.717, 1.165) is 17.6 Å². The second kappa shape index (κ2) is 6.55. The lowest BCUT2D eigenvalue weighted by atomic mass is 9.97. The van der Waals surface area contributed by atoms with E-state index in [2.05, 4.69) is 22.6 Å². The van der Waals surface area contributed by atoms with E-state index in [-0.39, 0.29) is 0 Å². The Morgan fingerprint density at radius 1 is 1.18 bits per heavy atom. The highest BCUT2D eigenvalue weighted by Gasteiger charge is 2.18. The summed E-state index contributed by atoms with van der Waals surface area (Å²) in [7, 11) is 2.20. The highest BCUT2D eigenvalue weighted by molar-refractivity contribution is 7.80. The van der Waals surface area contributed by atoms with Gasteiger partial charge in [0.15, 0.2) is 5.11 Å². The van der Waals surface area contributed by atoms with Crippen LogP contribution in [0.5, 0.6) is 0 Å². The molecule has 0 aromatic carbocycles. The van der Waals surface area contributed by atoms with E-state index in [1.807, 2.05) is 0 Å². The van der Waals surface area contributed by atoms with Crippen LogP contribution in [0.25, 0.3) is 0 Å². The molecular weight excluding hydrogens is 230 g/mol. The molecule has 2 aliphatic rings. The van der Waals surface area contributed by atoms with Crippen molar-refractivity contribution in [2.75, 3.05) is 26.7 Å². The molecule has 0 aromatic heterocycles. The third kappa shape index (κ3) is 4.43. The summed E-state index contributed by atoms with van der Waals surface area (Å²) in [5.41, 5.74) is 0. The first-order chi connectivity index (χ1) is 8.24. The molecule has 1 aliphatic heterocycles. The summed E-state index contributed by atoms with van der Waals surface area (Å²) < 4.78 is 0. The number of thiocarbonyl (C=S) groups is 1. The van der Waals surface area contributed by atoms with Crippen molar-refractivity contribution in [2.45, 2.75) is 44.6 Å². The van der Waals surface area contributed by atoms with Gasteiger partial charge in [0.2, 0.25) is 0 Å². The average Bonchev–Trinajstić information content (AvgIpc) is 2.81. The molecule has 2 rings (SSSR count). The van der Waals surface area contributed by atoms with Gasteiger partial charge in [0, 0.05) is 12.6 Å². The Morgan fingerprint density at radius 3 is 2.47 bits per heavy atom. The maximum absolute atomic E-state index is 5.35. The standard InChI is InChI=1S/C13H25N3S/c1-16-8-6-11(7-9-16)10-14-13(17)15-12-4-2-3-5-12/h11-12H,2-10H2,1H3,(H2,14,15,17). The van der Waals surface area contributed by atoms with Crippen molar-refractivity contribution in [2.24, 2.45) is 5.92 Å². The van der Waals surface area contributed by atoms with Crippen molar-refractivity contribution in [3.8, 4) is 0 Å². The van der Waals surface area contributed by atoms with E-state index in [4.69, 9.17) is 12.2 Å². The highest BCUT2D eigenvalue weighted by Crippen LogP contribution is 2.17. The molecule has 2 N–H and O–H groups in total. The van der Waals surface area contributed by atoms with Crippen LogP contribution in [-0.2, 0) is 0 Å². The molecule has 1 saturated heterocycles. The molecule has 3 nitrogen and oxygen atoms in total.